The molecule has 0 aromatic heterocycles. The molecule has 2 N–H and O–H groups in total. The van der Waals surface area contributed by atoms with Crippen LogP contribution >= 0.6 is 0 Å². The van der Waals surface area contributed by atoms with Crippen molar-refractivity contribution < 1.29 is 22.7 Å². The molecule has 0 saturated heterocycles. The summed E-state index contributed by atoms with van der Waals surface area (Å²) in [6.45, 7) is 1.55. The first-order valence-corrected chi connectivity index (χ1v) is 9.80. The van der Waals surface area contributed by atoms with Crippen LogP contribution in [0.3, 0.4) is 0 Å². The van der Waals surface area contributed by atoms with E-state index in [1.54, 1.807) is 24.3 Å². The third kappa shape index (κ3) is 5.89. The molecule has 0 saturated carbocycles. The number of benzene rings is 2. The van der Waals surface area contributed by atoms with Crippen LogP contribution in [0, 0.1) is 0 Å². The number of anilines is 2. The molecule has 0 atom stereocenters. The first-order valence-electron chi connectivity index (χ1n) is 7.91. The van der Waals surface area contributed by atoms with Gasteiger partial charge in [-0.3, -0.25) is 9.52 Å². The van der Waals surface area contributed by atoms with Crippen molar-refractivity contribution in [2.24, 2.45) is 0 Å². The van der Waals surface area contributed by atoms with Crippen LogP contribution in [0.4, 0.5) is 11.4 Å². The van der Waals surface area contributed by atoms with E-state index in [2.05, 4.69) is 10.0 Å². The second-order valence-electron chi connectivity index (χ2n) is 5.59. The largest absolute Gasteiger partial charge is 0.452 e. The van der Waals surface area contributed by atoms with Crippen LogP contribution in [0.1, 0.15) is 22.8 Å². The summed E-state index contributed by atoms with van der Waals surface area (Å²) in [6.07, 6.45) is 1.87. The molecular formula is C18H20N2O5S. The van der Waals surface area contributed by atoms with Gasteiger partial charge < -0.3 is 10.1 Å². The van der Waals surface area contributed by atoms with Gasteiger partial charge in [-0.25, -0.2) is 13.2 Å². The summed E-state index contributed by atoms with van der Waals surface area (Å²) in [5, 5.41) is 2.63. The summed E-state index contributed by atoms with van der Waals surface area (Å²) >= 11 is 0. The molecule has 0 radical (unpaired) electrons. The number of aryl methyl sites for hydroxylation is 1. The Bertz CT molecular complexity index is 892. The lowest BCUT2D eigenvalue weighted by atomic mass is 10.1. The summed E-state index contributed by atoms with van der Waals surface area (Å²) in [5.41, 5.74) is 1.86. The highest BCUT2D eigenvalue weighted by Crippen LogP contribution is 2.17. The molecule has 1 amide bonds. The van der Waals surface area contributed by atoms with Gasteiger partial charge in [-0.2, -0.15) is 0 Å². The highest BCUT2D eigenvalue weighted by atomic mass is 32.2. The molecule has 7 nitrogen and oxygen atoms in total. The Balaban J connectivity index is 1.96. The molecule has 0 aliphatic heterocycles. The fourth-order valence-electron chi connectivity index (χ4n) is 2.18. The highest BCUT2D eigenvalue weighted by Gasteiger charge is 2.16. The van der Waals surface area contributed by atoms with Crippen LogP contribution < -0.4 is 10.0 Å². The van der Waals surface area contributed by atoms with E-state index in [0.29, 0.717) is 5.69 Å². The predicted octanol–water partition coefficient (Wildman–Crippen LogP) is 2.42. The zero-order chi connectivity index (χ0) is 19.2. The molecule has 0 heterocycles. The van der Waals surface area contributed by atoms with E-state index in [0.717, 1.165) is 18.2 Å². The molecule has 0 spiro atoms. The van der Waals surface area contributed by atoms with Crippen molar-refractivity contribution in [3.63, 3.8) is 0 Å². The second kappa shape index (κ2) is 8.48. The second-order valence-corrected chi connectivity index (χ2v) is 7.34. The molecule has 138 valence electrons. The van der Waals surface area contributed by atoms with Gasteiger partial charge in [-0.05, 0) is 36.2 Å². The van der Waals surface area contributed by atoms with Crippen molar-refractivity contribution >= 4 is 33.3 Å². The number of carbonyl (C=O) groups excluding carboxylic acids is 2. The summed E-state index contributed by atoms with van der Waals surface area (Å²) in [6, 6.07) is 13.3. The summed E-state index contributed by atoms with van der Waals surface area (Å²) in [7, 11) is -3.55. The van der Waals surface area contributed by atoms with Gasteiger partial charge in [0, 0.05) is 5.69 Å². The number of hydrogen-bond donors (Lipinski definition) is 2. The Morgan fingerprint density at radius 1 is 1.04 bits per heavy atom. The smallest absolute Gasteiger partial charge is 0.340 e. The number of rotatable bonds is 7. The number of esters is 1. The van der Waals surface area contributed by atoms with Crippen molar-refractivity contribution in [3.8, 4) is 0 Å². The molecule has 0 aliphatic carbocycles. The van der Waals surface area contributed by atoms with Crippen molar-refractivity contribution in [1.29, 1.82) is 0 Å². The first-order chi connectivity index (χ1) is 12.3. The van der Waals surface area contributed by atoms with Crippen molar-refractivity contribution in [2.75, 3.05) is 22.9 Å². The van der Waals surface area contributed by atoms with Gasteiger partial charge in [0.25, 0.3) is 5.91 Å². The van der Waals surface area contributed by atoms with Gasteiger partial charge in [0.05, 0.1) is 17.5 Å². The number of nitrogens with one attached hydrogen (secondary N) is 2. The minimum Gasteiger partial charge on any atom is -0.452 e. The molecule has 2 rings (SSSR count). The van der Waals surface area contributed by atoms with Gasteiger partial charge in [0.2, 0.25) is 10.0 Å². The lowest BCUT2D eigenvalue weighted by Crippen LogP contribution is -2.22. The van der Waals surface area contributed by atoms with Crippen LogP contribution in [0.2, 0.25) is 0 Å². The quantitative estimate of drug-likeness (QED) is 0.723. The Hall–Kier alpha value is -2.87. The van der Waals surface area contributed by atoms with Gasteiger partial charge >= 0.3 is 5.97 Å². The summed E-state index contributed by atoms with van der Waals surface area (Å²) in [5.74, 6) is -1.29. The Kier molecular flexibility index (Phi) is 6.35. The van der Waals surface area contributed by atoms with E-state index in [1.807, 2.05) is 19.1 Å². The minimum absolute atomic E-state index is 0.0259. The molecule has 8 heteroatoms. The lowest BCUT2D eigenvalue weighted by Gasteiger charge is -2.11. The summed E-state index contributed by atoms with van der Waals surface area (Å²) < 4.78 is 29.9. The topological polar surface area (TPSA) is 102 Å². The number of ether oxygens (including phenoxy) is 1. The highest BCUT2D eigenvalue weighted by molar-refractivity contribution is 7.92. The molecule has 0 fully saturated rings. The Labute approximate surface area is 152 Å². The van der Waals surface area contributed by atoms with Gasteiger partial charge in [0.15, 0.2) is 6.61 Å². The standard InChI is InChI=1S/C18H20N2O5S/c1-3-13-8-10-14(11-9-13)19-17(21)12-25-18(22)15-6-4-5-7-16(15)20-26(2,23)24/h4-11,20H,3,12H2,1-2H3,(H,19,21). The SMILES string of the molecule is CCc1ccc(NC(=O)COC(=O)c2ccccc2NS(C)(=O)=O)cc1. The first kappa shape index (κ1) is 19.5. The molecule has 0 unspecified atom stereocenters. The number of sulfonamides is 1. The molecule has 26 heavy (non-hydrogen) atoms. The zero-order valence-electron chi connectivity index (χ0n) is 14.5. The van der Waals surface area contributed by atoms with Crippen LogP contribution in [0.25, 0.3) is 0 Å². The van der Waals surface area contributed by atoms with Gasteiger partial charge in [0.1, 0.15) is 0 Å². The van der Waals surface area contributed by atoms with Crippen LogP contribution in [-0.2, 0) is 26.0 Å². The molecule has 0 aliphatic rings. The third-order valence-electron chi connectivity index (χ3n) is 3.42. The fourth-order valence-corrected chi connectivity index (χ4v) is 2.76. The average molecular weight is 376 g/mol. The third-order valence-corrected chi connectivity index (χ3v) is 4.01. The van der Waals surface area contributed by atoms with Gasteiger partial charge in [-0.15, -0.1) is 0 Å². The maximum absolute atomic E-state index is 12.2. The zero-order valence-corrected chi connectivity index (χ0v) is 15.3. The fraction of sp³-hybridized carbons (Fsp3) is 0.222. The van der Waals surface area contributed by atoms with Crippen LogP contribution in [-0.4, -0.2) is 33.2 Å². The Morgan fingerprint density at radius 2 is 1.69 bits per heavy atom. The van der Waals surface area contributed by atoms with E-state index in [4.69, 9.17) is 4.74 Å². The average Bonchev–Trinajstić information content (AvgIpc) is 2.59. The number of hydrogen-bond acceptors (Lipinski definition) is 5. The Morgan fingerprint density at radius 3 is 2.31 bits per heavy atom. The van der Waals surface area contributed by atoms with Crippen molar-refractivity contribution in [3.05, 3.63) is 59.7 Å². The monoisotopic (exact) mass is 376 g/mol. The van der Waals surface area contributed by atoms with Crippen molar-refractivity contribution in [2.45, 2.75) is 13.3 Å². The maximum atomic E-state index is 12.2. The number of amides is 1. The van der Waals surface area contributed by atoms with Gasteiger partial charge in [-0.1, -0.05) is 31.2 Å². The minimum atomic E-state index is -3.55. The lowest BCUT2D eigenvalue weighted by molar-refractivity contribution is -0.119. The maximum Gasteiger partial charge on any atom is 0.340 e. The molecular weight excluding hydrogens is 356 g/mol. The van der Waals surface area contributed by atoms with Crippen LogP contribution in [0.5, 0.6) is 0 Å². The molecule has 2 aromatic carbocycles. The molecule has 2 aromatic rings. The van der Waals surface area contributed by atoms with E-state index >= 15 is 0 Å². The number of carbonyl (C=O) groups is 2. The van der Waals surface area contributed by atoms with Crippen LogP contribution in [0.15, 0.2) is 48.5 Å². The van der Waals surface area contributed by atoms with E-state index in [1.165, 1.54) is 12.1 Å². The molecule has 0 bridgehead atoms. The van der Waals surface area contributed by atoms with Crippen molar-refractivity contribution in [1.82, 2.24) is 0 Å². The van der Waals surface area contributed by atoms with E-state index in [9.17, 15) is 18.0 Å². The summed E-state index contributed by atoms with van der Waals surface area (Å²) in [4.78, 5) is 24.1. The van der Waals surface area contributed by atoms with E-state index in [-0.39, 0.29) is 11.3 Å². The number of para-hydroxylation sites is 1. The van der Waals surface area contributed by atoms with E-state index < -0.39 is 28.5 Å². The normalized spacial score (nSPS) is 10.8. The predicted molar refractivity (Wildman–Crippen MR) is 99.6 cm³/mol.